The fourth-order valence-corrected chi connectivity index (χ4v) is 3.21. The van der Waals surface area contributed by atoms with Crippen molar-refractivity contribution in [2.24, 2.45) is 5.10 Å². The normalized spacial score (nSPS) is 10.9. The van der Waals surface area contributed by atoms with Crippen molar-refractivity contribution in [3.05, 3.63) is 95.2 Å². The summed E-state index contributed by atoms with van der Waals surface area (Å²) < 4.78 is 11.4. The van der Waals surface area contributed by atoms with Gasteiger partial charge in [0.05, 0.1) is 19.0 Å². The Hall–Kier alpha value is -4.59. The highest BCUT2D eigenvalue weighted by Crippen LogP contribution is 2.32. The maximum absolute atomic E-state index is 12.4. The van der Waals surface area contributed by atoms with Crippen LogP contribution in [0.1, 0.15) is 27.2 Å². The Morgan fingerprint density at radius 1 is 1.09 bits per heavy atom. The topological polar surface area (TPSA) is 109 Å². The third-order valence-electron chi connectivity index (χ3n) is 5.05. The summed E-state index contributed by atoms with van der Waals surface area (Å²) in [5, 5.41) is 20.3. The molecule has 1 aromatic heterocycles. The molecule has 4 rings (SSSR count). The lowest BCUT2D eigenvalue weighted by Gasteiger charge is -2.12. The smallest absolute Gasteiger partial charge is 0.289 e. The minimum atomic E-state index is -0.444. The molecule has 0 aliphatic carbocycles. The van der Waals surface area contributed by atoms with Crippen LogP contribution >= 0.6 is 0 Å². The average Bonchev–Trinajstić information content (AvgIpc) is 3.34. The molecule has 0 bridgehead atoms. The molecule has 1 amide bonds. The van der Waals surface area contributed by atoms with Crippen molar-refractivity contribution >= 4 is 12.1 Å². The lowest BCUT2D eigenvalue weighted by atomic mass is 10.1. The second-order valence-corrected chi connectivity index (χ2v) is 7.60. The number of hydrogen-bond donors (Lipinski definition) is 3. The molecule has 0 atom stereocenters. The van der Waals surface area contributed by atoms with Crippen LogP contribution in [0.2, 0.25) is 0 Å². The Bertz CT molecular complexity index is 1310. The standard InChI is InChI=1S/C26H24N4O4/c1-17-6-8-18(9-7-17)16-34-24-11-10-20(13-25(24)33-2)22-14-23(29-28-22)26(32)30-27-15-19-4-3-5-21(31)12-19/h3-15,31H,16H2,1-2H3,(H,28,29)(H,30,32). The maximum Gasteiger partial charge on any atom is 0.289 e. The SMILES string of the molecule is COc1cc(-c2cc(C(=O)NN=Cc3cccc(O)c3)[nH]n2)ccc1OCc1ccc(C)cc1. The molecule has 8 nitrogen and oxygen atoms in total. The van der Waals surface area contributed by atoms with Crippen LogP contribution in [0.25, 0.3) is 11.3 Å². The lowest BCUT2D eigenvalue weighted by Crippen LogP contribution is -2.17. The maximum atomic E-state index is 12.4. The number of aromatic hydroxyl groups is 1. The number of nitrogens with zero attached hydrogens (tertiary/aromatic N) is 2. The van der Waals surface area contributed by atoms with E-state index in [1.54, 1.807) is 31.4 Å². The number of H-pyrrole nitrogens is 1. The number of methoxy groups -OCH3 is 1. The van der Waals surface area contributed by atoms with Crippen molar-refractivity contribution in [1.82, 2.24) is 15.6 Å². The number of carbonyl (C=O) groups is 1. The van der Waals surface area contributed by atoms with Crippen LogP contribution in [0.5, 0.6) is 17.2 Å². The molecule has 8 heteroatoms. The van der Waals surface area contributed by atoms with Crippen LogP contribution in [-0.2, 0) is 6.61 Å². The summed E-state index contributed by atoms with van der Waals surface area (Å²) in [4.78, 5) is 12.4. The van der Waals surface area contributed by atoms with Crippen molar-refractivity contribution in [2.45, 2.75) is 13.5 Å². The number of nitrogens with one attached hydrogen (secondary N) is 2. The number of aryl methyl sites for hydroxylation is 1. The summed E-state index contributed by atoms with van der Waals surface area (Å²) in [6, 6.07) is 21.8. The first-order valence-electron chi connectivity index (χ1n) is 10.6. The van der Waals surface area contributed by atoms with E-state index in [1.807, 2.05) is 49.4 Å². The Morgan fingerprint density at radius 3 is 2.68 bits per heavy atom. The minimum absolute atomic E-state index is 0.121. The van der Waals surface area contributed by atoms with E-state index in [0.29, 0.717) is 29.4 Å². The van der Waals surface area contributed by atoms with Crippen molar-refractivity contribution < 1.29 is 19.4 Å². The van der Waals surface area contributed by atoms with E-state index in [2.05, 4.69) is 20.7 Å². The van der Waals surface area contributed by atoms with Crippen molar-refractivity contribution in [3.63, 3.8) is 0 Å². The predicted octanol–water partition coefficient (Wildman–Crippen LogP) is 4.44. The third-order valence-corrected chi connectivity index (χ3v) is 5.05. The molecule has 3 aromatic carbocycles. The third kappa shape index (κ3) is 5.60. The highest BCUT2D eigenvalue weighted by atomic mass is 16.5. The highest BCUT2D eigenvalue weighted by Gasteiger charge is 2.13. The number of carbonyl (C=O) groups excluding carboxylic acids is 1. The summed E-state index contributed by atoms with van der Waals surface area (Å²) in [6.45, 7) is 2.46. The summed E-state index contributed by atoms with van der Waals surface area (Å²) in [5.74, 6) is 0.853. The molecule has 0 aliphatic rings. The van der Waals surface area contributed by atoms with Gasteiger partial charge in [-0.15, -0.1) is 0 Å². The molecule has 0 unspecified atom stereocenters. The molecule has 3 N–H and O–H groups in total. The van der Waals surface area contributed by atoms with Gasteiger partial charge in [-0.2, -0.15) is 10.2 Å². The Kier molecular flexibility index (Phi) is 6.88. The number of phenolic OH excluding ortho intramolecular Hbond substituents is 1. The summed E-state index contributed by atoms with van der Waals surface area (Å²) in [5.41, 5.74) is 6.93. The van der Waals surface area contributed by atoms with Gasteiger partial charge in [-0.05, 0) is 54.4 Å². The molecule has 172 valence electrons. The number of rotatable bonds is 8. The van der Waals surface area contributed by atoms with Crippen LogP contribution in [0, 0.1) is 6.92 Å². The van der Waals surface area contributed by atoms with Gasteiger partial charge in [-0.3, -0.25) is 9.89 Å². The van der Waals surface area contributed by atoms with Gasteiger partial charge in [0.15, 0.2) is 11.5 Å². The number of amides is 1. The average molecular weight is 457 g/mol. The molecule has 0 fully saturated rings. The van der Waals surface area contributed by atoms with Gasteiger partial charge in [0.25, 0.3) is 5.91 Å². The van der Waals surface area contributed by atoms with Crippen molar-refractivity contribution in [1.29, 1.82) is 0 Å². The van der Waals surface area contributed by atoms with Crippen LogP contribution < -0.4 is 14.9 Å². The zero-order valence-electron chi connectivity index (χ0n) is 18.8. The van der Waals surface area contributed by atoms with E-state index < -0.39 is 5.91 Å². The molecular weight excluding hydrogens is 432 g/mol. The van der Waals surface area contributed by atoms with Gasteiger partial charge in [0.1, 0.15) is 18.1 Å². The van der Waals surface area contributed by atoms with Gasteiger partial charge in [-0.25, -0.2) is 5.43 Å². The summed E-state index contributed by atoms with van der Waals surface area (Å²) in [6.07, 6.45) is 1.44. The van der Waals surface area contributed by atoms with E-state index in [9.17, 15) is 9.90 Å². The number of aromatic nitrogens is 2. The number of ether oxygens (including phenoxy) is 2. The minimum Gasteiger partial charge on any atom is -0.508 e. The Morgan fingerprint density at radius 2 is 1.91 bits per heavy atom. The van der Waals surface area contributed by atoms with Crippen molar-refractivity contribution in [2.75, 3.05) is 7.11 Å². The number of benzene rings is 3. The van der Waals surface area contributed by atoms with Gasteiger partial charge in [0, 0.05) is 5.56 Å². The zero-order valence-corrected chi connectivity index (χ0v) is 18.8. The van der Waals surface area contributed by atoms with Crippen LogP contribution in [0.4, 0.5) is 0 Å². The lowest BCUT2D eigenvalue weighted by molar-refractivity contribution is 0.0950. The monoisotopic (exact) mass is 456 g/mol. The molecular formula is C26H24N4O4. The highest BCUT2D eigenvalue weighted by molar-refractivity contribution is 5.94. The number of phenols is 1. The van der Waals surface area contributed by atoms with Crippen LogP contribution in [0.3, 0.4) is 0 Å². The van der Waals surface area contributed by atoms with E-state index >= 15 is 0 Å². The molecule has 0 aliphatic heterocycles. The van der Waals surface area contributed by atoms with Gasteiger partial charge in [-0.1, -0.05) is 42.0 Å². The second kappa shape index (κ2) is 10.4. The molecule has 0 spiro atoms. The van der Waals surface area contributed by atoms with Gasteiger partial charge < -0.3 is 14.6 Å². The number of aromatic amines is 1. The first kappa shape index (κ1) is 22.6. The first-order valence-corrected chi connectivity index (χ1v) is 10.6. The molecule has 34 heavy (non-hydrogen) atoms. The first-order chi connectivity index (χ1) is 16.5. The zero-order chi connectivity index (χ0) is 23.9. The quantitative estimate of drug-likeness (QED) is 0.268. The second-order valence-electron chi connectivity index (χ2n) is 7.60. The van der Waals surface area contributed by atoms with Gasteiger partial charge >= 0.3 is 0 Å². The predicted molar refractivity (Wildman–Crippen MR) is 129 cm³/mol. The molecule has 4 aromatic rings. The van der Waals surface area contributed by atoms with Gasteiger partial charge in [0.2, 0.25) is 0 Å². The molecule has 0 saturated carbocycles. The van der Waals surface area contributed by atoms with E-state index in [0.717, 1.165) is 11.1 Å². The Labute approximate surface area is 196 Å². The van der Waals surface area contributed by atoms with E-state index in [1.165, 1.54) is 17.8 Å². The fourth-order valence-electron chi connectivity index (χ4n) is 3.21. The largest absolute Gasteiger partial charge is 0.508 e. The Balaban J connectivity index is 1.41. The van der Waals surface area contributed by atoms with E-state index in [4.69, 9.17) is 9.47 Å². The van der Waals surface area contributed by atoms with E-state index in [-0.39, 0.29) is 11.4 Å². The molecule has 1 heterocycles. The summed E-state index contributed by atoms with van der Waals surface area (Å²) >= 11 is 0. The fraction of sp³-hybridized carbons (Fsp3) is 0.115. The van der Waals surface area contributed by atoms with Crippen molar-refractivity contribution in [3.8, 4) is 28.5 Å². The number of hydrogen-bond acceptors (Lipinski definition) is 6. The van der Waals surface area contributed by atoms with Crippen LogP contribution in [-0.4, -0.2) is 34.5 Å². The summed E-state index contributed by atoms with van der Waals surface area (Å²) in [7, 11) is 1.58. The van der Waals surface area contributed by atoms with Crippen LogP contribution in [0.15, 0.2) is 77.9 Å². The number of hydrazone groups is 1. The molecule has 0 radical (unpaired) electrons. The molecule has 0 saturated heterocycles.